The van der Waals surface area contributed by atoms with E-state index in [1.165, 1.54) is 18.9 Å². The molecule has 0 aromatic heterocycles. The number of hydrogen-bond acceptors (Lipinski definition) is 4. The summed E-state index contributed by atoms with van der Waals surface area (Å²) in [5, 5.41) is 2.69. The van der Waals surface area contributed by atoms with E-state index in [1.807, 2.05) is 13.0 Å². The SMILES string of the molecule is CCNC(=O)CSCC(=O)c1ccccc1OC. The first-order valence-electron chi connectivity index (χ1n) is 5.69. The van der Waals surface area contributed by atoms with Crippen molar-refractivity contribution < 1.29 is 14.3 Å². The lowest BCUT2D eigenvalue weighted by Crippen LogP contribution is -2.25. The van der Waals surface area contributed by atoms with Gasteiger partial charge in [0.05, 0.1) is 24.2 Å². The average Bonchev–Trinajstić information content (AvgIpc) is 2.38. The second-order valence-corrected chi connectivity index (χ2v) is 4.56. The van der Waals surface area contributed by atoms with Gasteiger partial charge >= 0.3 is 0 Å². The summed E-state index contributed by atoms with van der Waals surface area (Å²) in [6.07, 6.45) is 0. The number of ether oxygens (including phenoxy) is 1. The Bertz CT molecular complexity index is 420. The van der Waals surface area contributed by atoms with Crippen molar-refractivity contribution in [2.24, 2.45) is 0 Å². The van der Waals surface area contributed by atoms with Crippen LogP contribution in [-0.4, -0.2) is 36.9 Å². The molecule has 1 amide bonds. The molecular weight excluding hydrogens is 250 g/mol. The molecule has 0 saturated carbocycles. The highest BCUT2D eigenvalue weighted by atomic mass is 32.2. The van der Waals surface area contributed by atoms with Gasteiger partial charge in [-0.2, -0.15) is 0 Å². The molecule has 98 valence electrons. The van der Waals surface area contributed by atoms with E-state index in [2.05, 4.69) is 5.32 Å². The molecule has 0 bridgehead atoms. The predicted octanol–water partition coefficient (Wildman–Crippen LogP) is 1.75. The standard InChI is InChI=1S/C13H17NO3S/c1-3-14-13(16)9-18-8-11(15)10-6-4-5-7-12(10)17-2/h4-7H,3,8-9H2,1-2H3,(H,14,16). The molecule has 1 N–H and O–H groups in total. The third-order valence-corrected chi connectivity index (χ3v) is 3.18. The highest BCUT2D eigenvalue weighted by Gasteiger charge is 2.12. The fraction of sp³-hybridized carbons (Fsp3) is 0.385. The Balaban J connectivity index is 2.48. The monoisotopic (exact) mass is 267 g/mol. The number of ketones is 1. The molecule has 1 aromatic rings. The van der Waals surface area contributed by atoms with Gasteiger partial charge in [0.15, 0.2) is 5.78 Å². The van der Waals surface area contributed by atoms with Gasteiger partial charge in [-0.1, -0.05) is 12.1 Å². The van der Waals surface area contributed by atoms with Gasteiger partial charge < -0.3 is 10.1 Å². The molecule has 5 heteroatoms. The van der Waals surface area contributed by atoms with Gasteiger partial charge in [-0.25, -0.2) is 0 Å². The van der Waals surface area contributed by atoms with Gasteiger partial charge in [-0.15, -0.1) is 11.8 Å². The summed E-state index contributed by atoms with van der Waals surface area (Å²) in [5.41, 5.74) is 0.559. The maximum atomic E-state index is 11.9. The van der Waals surface area contributed by atoms with Crippen LogP contribution < -0.4 is 10.1 Å². The summed E-state index contributed by atoms with van der Waals surface area (Å²) in [4.78, 5) is 23.1. The molecule has 0 atom stereocenters. The minimum Gasteiger partial charge on any atom is -0.496 e. The molecule has 0 aliphatic rings. The van der Waals surface area contributed by atoms with Crippen LogP contribution in [0.4, 0.5) is 0 Å². The Labute approximate surface area is 111 Å². The van der Waals surface area contributed by atoms with Gasteiger partial charge in [0, 0.05) is 6.54 Å². The summed E-state index contributed by atoms with van der Waals surface area (Å²) in [7, 11) is 1.54. The fourth-order valence-corrected chi connectivity index (χ4v) is 2.17. The first kappa shape index (κ1) is 14.6. The van der Waals surface area contributed by atoms with Crippen molar-refractivity contribution in [3.8, 4) is 5.75 Å². The summed E-state index contributed by atoms with van der Waals surface area (Å²) < 4.78 is 5.12. The number of thioether (sulfide) groups is 1. The molecule has 0 aliphatic heterocycles. The largest absolute Gasteiger partial charge is 0.496 e. The van der Waals surface area contributed by atoms with Gasteiger partial charge in [0.1, 0.15) is 5.75 Å². The van der Waals surface area contributed by atoms with Crippen LogP contribution in [0.5, 0.6) is 5.75 Å². The normalized spacial score (nSPS) is 9.89. The zero-order valence-electron chi connectivity index (χ0n) is 10.6. The van der Waals surface area contributed by atoms with Crippen molar-refractivity contribution in [2.75, 3.05) is 25.2 Å². The van der Waals surface area contributed by atoms with Crippen molar-refractivity contribution in [2.45, 2.75) is 6.92 Å². The van der Waals surface area contributed by atoms with Gasteiger partial charge in [0.25, 0.3) is 0 Å². The summed E-state index contributed by atoms with van der Waals surface area (Å²) in [5.74, 6) is 1.07. The van der Waals surface area contributed by atoms with Crippen LogP contribution in [0.3, 0.4) is 0 Å². The van der Waals surface area contributed by atoms with E-state index in [9.17, 15) is 9.59 Å². The smallest absolute Gasteiger partial charge is 0.229 e. The van der Waals surface area contributed by atoms with Crippen LogP contribution in [0.2, 0.25) is 0 Å². The number of hydrogen-bond donors (Lipinski definition) is 1. The first-order chi connectivity index (χ1) is 8.69. The molecule has 0 fully saturated rings. The minimum absolute atomic E-state index is 0.0262. The van der Waals surface area contributed by atoms with Crippen LogP contribution in [0.15, 0.2) is 24.3 Å². The molecule has 0 radical (unpaired) electrons. The number of carbonyl (C=O) groups excluding carboxylic acids is 2. The molecule has 0 saturated heterocycles. The molecule has 0 spiro atoms. The Morgan fingerprint density at radius 2 is 2.00 bits per heavy atom. The Morgan fingerprint density at radius 3 is 2.67 bits per heavy atom. The summed E-state index contributed by atoms with van der Waals surface area (Å²) in [6.45, 7) is 2.47. The maximum Gasteiger partial charge on any atom is 0.229 e. The van der Waals surface area contributed by atoms with Crippen molar-refractivity contribution in [3.05, 3.63) is 29.8 Å². The summed E-state index contributed by atoms with van der Waals surface area (Å²) in [6, 6.07) is 7.09. The van der Waals surface area contributed by atoms with E-state index >= 15 is 0 Å². The van der Waals surface area contributed by atoms with E-state index in [1.54, 1.807) is 18.2 Å². The van der Waals surface area contributed by atoms with Gasteiger partial charge in [-0.05, 0) is 19.1 Å². The van der Waals surface area contributed by atoms with Crippen LogP contribution in [0, 0.1) is 0 Å². The van der Waals surface area contributed by atoms with E-state index < -0.39 is 0 Å². The minimum atomic E-state index is -0.0460. The highest BCUT2D eigenvalue weighted by molar-refractivity contribution is 8.00. The lowest BCUT2D eigenvalue weighted by Gasteiger charge is -2.07. The molecule has 1 aromatic carbocycles. The van der Waals surface area contributed by atoms with E-state index in [4.69, 9.17) is 4.74 Å². The Kier molecular flexibility index (Phi) is 6.28. The van der Waals surface area contributed by atoms with Crippen molar-refractivity contribution in [1.82, 2.24) is 5.32 Å². The third-order valence-electron chi connectivity index (χ3n) is 2.25. The lowest BCUT2D eigenvalue weighted by molar-refractivity contribution is -0.118. The van der Waals surface area contributed by atoms with Crippen LogP contribution in [0.25, 0.3) is 0 Å². The summed E-state index contributed by atoms with van der Waals surface area (Å²) >= 11 is 1.31. The number of para-hydroxylation sites is 1. The Hall–Kier alpha value is -1.49. The third kappa shape index (κ3) is 4.41. The highest BCUT2D eigenvalue weighted by Crippen LogP contribution is 2.19. The number of benzene rings is 1. The zero-order chi connectivity index (χ0) is 13.4. The average molecular weight is 267 g/mol. The van der Waals surface area contributed by atoms with Crippen LogP contribution >= 0.6 is 11.8 Å². The van der Waals surface area contributed by atoms with E-state index in [-0.39, 0.29) is 17.4 Å². The molecule has 0 aliphatic carbocycles. The predicted molar refractivity (Wildman–Crippen MR) is 73.3 cm³/mol. The van der Waals surface area contributed by atoms with Crippen molar-refractivity contribution in [3.63, 3.8) is 0 Å². The topological polar surface area (TPSA) is 55.4 Å². The number of amides is 1. The number of methoxy groups -OCH3 is 1. The number of nitrogens with one attached hydrogen (secondary N) is 1. The molecule has 4 nitrogen and oxygen atoms in total. The maximum absolute atomic E-state index is 11.9. The lowest BCUT2D eigenvalue weighted by atomic mass is 10.1. The van der Waals surface area contributed by atoms with Gasteiger partial charge in [0.2, 0.25) is 5.91 Å². The fourth-order valence-electron chi connectivity index (χ4n) is 1.44. The van der Waals surface area contributed by atoms with Crippen molar-refractivity contribution in [1.29, 1.82) is 0 Å². The van der Waals surface area contributed by atoms with E-state index in [0.717, 1.165) is 0 Å². The molecular formula is C13H17NO3S. The quantitative estimate of drug-likeness (QED) is 0.765. The van der Waals surface area contributed by atoms with Gasteiger partial charge in [-0.3, -0.25) is 9.59 Å². The Morgan fingerprint density at radius 1 is 1.28 bits per heavy atom. The van der Waals surface area contributed by atoms with Crippen molar-refractivity contribution >= 4 is 23.5 Å². The number of Topliss-reactive ketones (excluding diaryl/α,β-unsaturated/α-hetero) is 1. The second kappa shape index (κ2) is 7.76. The second-order valence-electron chi connectivity index (χ2n) is 3.57. The molecule has 0 heterocycles. The van der Waals surface area contributed by atoms with Crippen LogP contribution in [-0.2, 0) is 4.79 Å². The number of rotatable bonds is 7. The molecule has 1 rings (SSSR count). The zero-order valence-corrected chi connectivity index (χ0v) is 11.4. The molecule has 0 unspecified atom stereocenters. The first-order valence-corrected chi connectivity index (χ1v) is 6.85. The molecule has 18 heavy (non-hydrogen) atoms. The number of carbonyl (C=O) groups is 2. The van der Waals surface area contributed by atoms with E-state index in [0.29, 0.717) is 23.6 Å². The van der Waals surface area contributed by atoms with Crippen LogP contribution in [0.1, 0.15) is 17.3 Å².